The summed E-state index contributed by atoms with van der Waals surface area (Å²) < 4.78 is 0. The van der Waals surface area contributed by atoms with Crippen molar-refractivity contribution in [2.24, 2.45) is 0 Å². The van der Waals surface area contributed by atoms with Crippen molar-refractivity contribution in [1.29, 1.82) is 0 Å². The zero-order valence-corrected chi connectivity index (χ0v) is 9.28. The van der Waals surface area contributed by atoms with Crippen LogP contribution in [-0.4, -0.2) is 24.2 Å². The predicted octanol–water partition coefficient (Wildman–Crippen LogP) is 1.90. The third-order valence-electron chi connectivity index (χ3n) is 2.32. The smallest absolute Gasteiger partial charge is 0.128 e. The van der Waals surface area contributed by atoms with E-state index >= 15 is 0 Å². The van der Waals surface area contributed by atoms with Crippen molar-refractivity contribution in [3.05, 3.63) is 23.4 Å². The van der Waals surface area contributed by atoms with Crippen LogP contribution in [0.25, 0.3) is 0 Å². The second-order valence-electron chi connectivity index (χ2n) is 3.66. The van der Waals surface area contributed by atoms with Crippen LogP contribution in [0, 0.1) is 6.92 Å². The van der Waals surface area contributed by atoms with Gasteiger partial charge in [-0.25, -0.2) is 4.98 Å². The Kier molecular flexibility index (Phi) is 3.47. The summed E-state index contributed by atoms with van der Waals surface area (Å²) in [5.41, 5.74) is 1.84. The number of nitrogens with zero attached hydrogens (tertiary/aromatic N) is 2. The topological polar surface area (TPSA) is 36.4 Å². The number of anilines is 1. The molecule has 1 unspecified atom stereocenters. The molecule has 1 atom stereocenters. The third-order valence-corrected chi connectivity index (χ3v) is 2.32. The average Bonchev–Trinajstić information content (AvgIpc) is 2.16. The Balaban J connectivity index is 3.01. The molecule has 1 aromatic rings. The molecular formula is C11H18N2O. The van der Waals surface area contributed by atoms with Crippen molar-refractivity contribution in [3.63, 3.8) is 0 Å². The van der Waals surface area contributed by atoms with Crippen LogP contribution in [0.15, 0.2) is 12.1 Å². The minimum Gasteiger partial charge on any atom is -0.388 e. The van der Waals surface area contributed by atoms with E-state index in [4.69, 9.17) is 0 Å². The Bertz CT molecular complexity index is 310. The molecule has 0 aromatic carbocycles. The van der Waals surface area contributed by atoms with E-state index in [0.29, 0.717) is 0 Å². The second kappa shape index (κ2) is 4.42. The largest absolute Gasteiger partial charge is 0.388 e. The van der Waals surface area contributed by atoms with Crippen LogP contribution in [0.2, 0.25) is 0 Å². The molecule has 14 heavy (non-hydrogen) atoms. The molecule has 1 N–H and O–H groups in total. The van der Waals surface area contributed by atoms with Crippen LogP contribution in [0.4, 0.5) is 5.82 Å². The zero-order chi connectivity index (χ0) is 10.7. The Morgan fingerprint density at radius 2 is 2.07 bits per heavy atom. The monoisotopic (exact) mass is 194 g/mol. The lowest BCUT2D eigenvalue weighted by atomic mass is 10.1. The number of aryl methyl sites for hydroxylation is 1. The summed E-state index contributed by atoms with van der Waals surface area (Å²) in [6.07, 6.45) is 0.336. The van der Waals surface area contributed by atoms with Gasteiger partial charge in [0.15, 0.2) is 0 Å². The van der Waals surface area contributed by atoms with E-state index in [9.17, 15) is 5.11 Å². The molecule has 0 aliphatic rings. The summed E-state index contributed by atoms with van der Waals surface area (Å²) >= 11 is 0. The number of aliphatic hydroxyl groups is 1. The average molecular weight is 194 g/mol. The van der Waals surface area contributed by atoms with Gasteiger partial charge in [0.2, 0.25) is 0 Å². The van der Waals surface area contributed by atoms with Gasteiger partial charge in [0, 0.05) is 25.4 Å². The lowest BCUT2D eigenvalue weighted by Gasteiger charge is -2.15. The minimum absolute atomic E-state index is 0.390. The maximum absolute atomic E-state index is 9.69. The van der Waals surface area contributed by atoms with Crippen molar-refractivity contribution in [2.75, 3.05) is 19.0 Å². The molecule has 3 nitrogen and oxygen atoms in total. The van der Waals surface area contributed by atoms with Gasteiger partial charge in [0.25, 0.3) is 0 Å². The highest BCUT2D eigenvalue weighted by molar-refractivity contribution is 5.40. The molecule has 1 aromatic heterocycles. The summed E-state index contributed by atoms with van der Waals surface area (Å²) in [7, 11) is 3.91. The molecule has 3 heteroatoms. The molecule has 0 spiro atoms. The first-order chi connectivity index (χ1) is 6.56. The number of pyridine rings is 1. The SMILES string of the molecule is CCC(O)c1ccc(N(C)C)nc1C. The standard InChI is InChI=1S/C11H18N2O/c1-5-10(14)9-6-7-11(13(3)4)12-8(9)2/h6-7,10,14H,5H2,1-4H3. The molecule has 78 valence electrons. The summed E-state index contributed by atoms with van der Waals surface area (Å²) in [6, 6.07) is 3.88. The van der Waals surface area contributed by atoms with Gasteiger partial charge in [0.05, 0.1) is 6.10 Å². The number of hydrogen-bond donors (Lipinski definition) is 1. The quantitative estimate of drug-likeness (QED) is 0.798. The number of aliphatic hydroxyl groups excluding tert-OH is 1. The first-order valence-corrected chi connectivity index (χ1v) is 4.89. The number of rotatable bonds is 3. The predicted molar refractivity (Wildman–Crippen MR) is 58.6 cm³/mol. The van der Waals surface area contributed by atoms with Gasteiger partial charge in [-0.1, -0.05) is 13.0 Å². The highest BCUT2D eigenvalue weighted by Crippen LogP contribution is 2.21. The maximum atomic E-state index is 9.69. The molecular weight excluding hydrogens is 176 g/mol. The van der Waals surface area contributed by atoms with Crippen LogP contribution in [0.5, 0.6) is 0 Å². The molecule has 0 saturated carbocycles. The number of aromatic nitrogens is 1. The Morgan fingerprint density at radius 1 is 1.43 bits per heavy atom. The number of hydrogen-bond acceptors (Lipinski definition) is 3. The Hall–Kier alpha value is -1.09. The molecule has 0 amide bonds. The van der Waals surface area contributed by atoms with E-state index in [2.05, 4.69) is 4.98 Å². The first-order valence-electron chi connectivity index (χ1n) is 4.89. The lowest BCUT2D eigenvalue weighted by Crippen LogP contribution is -2.12. The fourth-order valence-electron chi connectivity index (χ4n) is 1.38. The van der Waals surface area contributed by atoms with E-state index in [1.54, 1.807) is 0 Å². The van der Waals surface area contributed by atoms with Gasteiger partial charge in [-0.15, -0.1) is 0 Å². The third kappa shape index (κ3) is 2.23. The molecule has 0 fully saturated rings. The summed E-state index contributed by atoms with van der Waals surface area (Å²) in [5.74, 6) is 0.926. The van der Waals surface area contributed by atoms with Gasteiger partial charge in [-0.3, -0.25) is 0 Å². The van der Waals surface area contributed by atoms with Gasteiger partial charge < -0.3 is 10.0 Å². The van der Waals surface area contributed by atoms with Crippen LogP contribution >= 0.6 is 0 Å². The Morgan fingerprint density at radius 3 is 2.50 bits per heavy atom. The van der Waals surface area contributed by atoms with Crippen molar-refractivity contribution in [1.82, 2.24) is 4.98 Å². The van der Waals surface area contributed by atoms with Gasteiger partial charge >= 0.3 is 0 Å². The molecule has 0 bridgehead atoms. The van der Waals surface area contributed by atoms with Crippen molar-refractivity contribution < 1.29 is 5.11 Å². The van der Waals surface area contributed by atoms with E-state index in [1.165, 1.54) is 0 Å². The van der Waals surface area contributed by atoms with Crippen molar-refractivity contribution >= 4 is 5.82 Å². The van der Waals surface area contributed by atoms with E-state index in [1.807, 2.05) is 45.0 Å². The molecule has 0 aliphatic heterocycles. The zero-order valence-electron chi connectivity index (χ0n) is 9.28. The summed E-state index contributed by atoms with van der Waals surface area (Å²) in [4.78, 5) is 6.36. The Labute approximate surface area is 85.4 Å². The molecule has 0 saturated heterocycles. The summed E-state index contributed by atoms with van der Waals surface area (Å²) in [6.45, 7) is 3.89. The first kappa shape index (κ1) is 11.0. The van der Waals surface area contributed by atoms with Gasteiger partial charge in [-0.2, -0.15) is 0 Å². The molecule has 0 aliphatic carbocycles. The normalized spacial score (nSPS) is 12.6. The van der Waals surface area contributed by atoms with Crippen molar-refractivity contribution in [3.8, 4) is 0 Å². The fourth-order valence-corrected chi connectivity index (χ4v) is 1.38. The minimum atomic E-state index is -0.390. The highest BCUT2D eigenvalue weighted by Gasteiger charge is 2.09. The second-order valence-corrected chi connectivity index (χ2v) is 3.66. The lowest BCUT2D eigenvalue weighted by molar-refractivity contribution is 0.172. The molecule has 1 rings (SSSR count). The van der Waals surface area contributed by atoms with Gasteiger partial charge in [-0.05, 0) is 19.4 Å². The van der Waals surface area contributed by atoms with Crippen LogP contribution in [0.3, 0.4) is 0 Å². The maximum Gasteiger partial charge on any atom is 0.128 e. The summed E-state index contributed by atoms with van der Waals surface area (Å²) in [5, 5.41) is 9.69. The fraction of sp³-hybridized carbons (Fsp3) is 0.545. The van der Waals surface area contributed by atoms with E-state index < -0.39 is 6.10 Å². The van der Waals surface area contributed by atoms with Crippen LogP contribution in [-0.2, 0) is 0 Å². The van der Waals surface area contributed by atoms with Crippen LogP contribution < -0.4 is 4.90 Å². The van der Waals surface area contributed by atoms with E-state index in [0.717, 1.165) is 23.5 Å². The highest BCUT2D eigenvalue weighted by atomic mass is 16.3. The van der Waals surface area contributed by atoms with Gasteiger partial charge in [0.1, 0.15) is 5.82 Å². The molecule has 0 radical (unpaired) electrons. The van der Waals surface area contributed by atoms with Crippen LogP contribution in [0.1, 0.15) is 30.7 Å². The molecule has 1 heterocycles. The van der Waals surface area contributed by atoms with E-state index in [-0.39, 0.29) is 0 Å². The van der Waals surface area contributed by atoms with Crippen molar-refractivity contribution in [2.45, 2.75) is 26.4 Å².